The second kappa shape index (κ2) is 11.3. The second-order valence-electron chi connectivity index (χ2n) is 6.43. The summed E-state index contributed by atoms with van der Waals surface area (Å²) >= 11 is 0. The minimum atomic E-state index is -0.709. The van der Waals surface area contributed by atoms with Crippen LogP contribution < -0.4 is 16.0 Å². The lowest BCUT2D eigenvalue weighted by molar-refractivity contribution is -0.140. The number of ether oxygens (including phenoxy) is 2. The molecule has 10 nitrogen and oxygen atoms in total. The van der Waals surface area contributed by atoms with Crippen LogP contribution in [-0.2, 0) is 33.4 Å². The Morgan fingerprint density at radius 2 is 1.50 bits per heavy atom. The van der Waals surface area contributed by atoms with Crippen molar-refractivity contribution >= 4 is 29.7 Å². The van der Waals surface area contributed by atoms with E-state index in [2.05, 4.69) is 22.5 Å². The molecule has 2 aliphatic heterocycles. The molecule has 0 radical (unpaired) electrons. The zero-order chi connectivity index (χ0) is 21.9. The van der Waals surface area contributed by atoms with E-state index in [0.29, 0.717) is 42.7 Å². The highest BCUT2D eigenvalue weighted by molar-refractivity contribution is 6.07. The molecule has 0 saturated carbocycles. The highest BCUT2D eigenvalue weighted by Crippen LogP contribution is 2.11. The number of imide groups is 1. The molecule has 10 heteroatoms. The largest absolute Gasteiger partial charge is 0.463 e. The third kappa shape index (κ3) is 7.74. The van der Waals surface area contributed by atoms with Crippen molar-refractivity contribution in [2.75, 3.05) is 13.2 Å². The standard InChI is InChI=1S/C20H23N3O7/c1-13-21-12-15(20(28)22-13)5-3-11-30-18(26)9-8-17(25)29-10-2-4-14-6-7-16(24)23-19(14)27/h6,8-9,12,21H,1-5,7,10-11H2,(H,22,28)(H,23,24,27)/b9-8+. The van der Waals surface area contributed by atoms with Crippen molar-refractivity contribution in [2.24, 2.45) is 0 Å². The first-order chi connectivity index (χ1) is 14.3. The van der Waals surface area contributed by atoms with Gasteiger partial charge in [-0.25, -0.2) is 9.59 Å². The molecule has 0 unspecified atom stereocenters. The van der Waals surface area contributed by atoms with E-state index in [4.69, 9.17) is 9.47 Å². The van der Waals surface area contributed by atoms with Gasteiger partial charge in [0, 0.05) is 35.9 Å². The summed E-state index contributed by atoms with van der Waals surface area (Å²) < 4.78 is 9.90. The van der Waals surface area contributed by atoms with Gasteiger partial charge in [0.1, 0.15) is 5.82 Å². The molecule has 0 aliphatic carbocycles. The van der Waals surface area contributed by atoms with Gasteiger partial charge in [-0.2, -0.15) is 0 Å². The summed E-state index contributed by atoms with van der Waals surface area (Å²) in [5.41, 5.74) is 0.998. The Kier molecular flexibility index (Phi) is 8.55. The fourth-order valence-electron chi connectivity index (χ4n) is 2.56. The summed E-state index contributed by atoms with van der Waals surface area (Å²) in [5.74, 6) is -2.02. The quantitative estimate of drug-likeness (QED) is 0.199. The number of carbonyl (C=O) groups excluding carboxylic acids is 5. The van der Waals surface area contributed by atoms with Crippen LogP contribution in [0.1, 0.15) is 32.1 Å². The van der Waals surface area contributed by atoms with Crippen LogP contribution in [0.25, 0.3) is 0 Å². The number of hydrogen-bond acceptors (Lipinski definition) is 8. The van der Waals surface area contributed by atoms with Crippen LogP contribution >= 0.6 is 0 Å². The summed E-state index contributed by atoms with van der Waals surface area (Å²) in [5, 5.41) is 7.54. The van der Waals surface area contributed by atoms with Crippen LogP contribution in [0.2, 0.25) is 0 Å². The third-order valence-electron chi connectivity index (χ3n) is 4.08. The zero-order valence-electron chi connectivity index (χ0n) is 16.3. The topological polar surface area (TPSA) is 140 Å². The van der Waals surface area contributed by atoms with Gasteiger partial charge in [-0.05, 0) is 25.7 Å². The molecule has 0 aromatic carbocycles. The van der Waals surface area contributed by atoms with Crippen LogP contribution in [0.4, 0.5) is 0 Å². The molecule has 0 spiro atoms. The van der Waals surface area contributed by atoms with Crippen molar-refractivity contribution in [2.45, 2.75) is 32.1 Å². The lowest BCUT2D eigenvalue weighted by Crippen LogP contribution is -2.35. The molecule has 160 valence electrons. The van der Waals surface area contributed by atoms with E-state index in [0.717, 1.165) is 12.2 Å². The summed E-state index contributed by atoms with van der Waals surface area (Å²) in [6.45, 7) is 3.72. The maximum Gasteiger partial charge on any atom is 0.331 e. The van der Waals surface area contributed by atoms with E-state index in [-0.39, 0.29) is 31.4 Å². The lowest BCUT2D eigenvalue weighted by Gasteiger charge is -2.16. The molecule has 30 heavy (non-hydrogen) atoms. The van der Waals surface area contributed by atoms with Crippen molar-refractivity contribution in [3.8, 4) is 0 Å². The van der Waals surface area contributed by atoms with Gasteiger partial charge < -0.3 is 20.1 Å². The monoisotopic (exact) mass is 417 g/mol. The number of amides is 3. The van der Waals surface area contributed by atoms with Crippen LogP contribution in [0.15, 0.2) is 48.0 Å². The Morgan fingerprint density at radius 3 is 2.07 bits per heavy atom. The Balaban J connectivity index is 1.56. The van der Waals surface area contributed by atoms with E-state index in [9.17, 15) is 24.0 Å². The van der Waals surface area contributed by atoms with Crippen LogP contribution in [0.3, 0.4) is 0 Å². The van der Waals surface area contributed by atoms with E-state index >= 15 is 0 Å². The fourth-order valence-corrected chi connectivity index (χ4v) is 2.56. The average molecular weight is 417 g/mol. The normalized spacial score (nSPS) is 16.3. The molecular formula is C20H23N3O7. The van der Waals surface area contributed by atoms with Crippen LogP contribution in [0.5, 0.6) is 0 Å². The van der Waals surface area contributed by atoms with Gasteiger partial charge >= 0.3 is 11.9 Å². The minimum absolute atomic E-state index is 0.0639. The predicted molar refractivity (Wildman–Crippen MR) is 104 cm³/mol. The van der Waals surface area contributed by atoms with Crippen molar-refractivity contribution in [1.82, 2.24) is 16.0 Å². The van der Waals surface area contributed by atoms with Gasteiger partial charge in [-0.1, -0.05) is 12.7 Å². The van der Waals surface area contributed by atoms with Crippen molar-refractivity contribution in [1.29, 1.82) is 0 Å². The first-order valence-corrected chi connectivity index (χ1v) is 9.36. The highest BCUT2D eigenvalue weighted by atomic mass is 16.5. The van der Waals surface area contributed by atoms with Crippen molar-refractivity contribution in [3.05, 3.63) is 48.0 Å². The maximum absolute atomic E-state index is 11.7. The second-order valence-corrected chi connectivity index (χ2v) is 6.43. The van der Waals surface area contributed by atoms with Crippen LogP contribution in [-0.4, -0.2) is 42.9 Å². The SMILES string of the molecule is C=C1NC=C(CCCOC(=O)/C=C/C(=O)OCCCC2=CCC(=O)NC2=O)C(=O)N1. The van der Waals surface area contributed by atoms with Gasteiger partial charge in [-0.15, -0.1) is 0 Å². The molecule has 0 atom stereocenters. The lowest BCUT2D eigenvalue weighted by atomic mass is 10.1. The number of nitrogens with one attached hydrogen (secondary N) is 3. The average Bonchev–Trinajstić information content (AvgIpc) is 2.69. The van der Waals surface area contributed by atoms with E-state index in [1.54, 1.807) is 12.3 Å². The van der Waals surface area contributed by atoms with Gasteiger partial charge in [0.05, 0.1) is 13.2 Å². The molecule has 0 aromatic heterocycles. The smallest absolute Gasteiger partial charge is 0.331 e. The van der Waals surface area contributed by atoms with Gasteiger partial charge in [0.25, 0.3) is 11.8 Å². The fraction of sp³-hybridized carbons (Fsp3) is 0.350. The molecule has 2 aliphatic rings. The molecule has 3 amide bonds. The van der Waals surface area contributed by atoms with Gasteiger partial charge in [-0.3, -0.25) is 19.7 Å². The number of esters is 2. The molecular weight excluding hydrogens is 394 g/mol. The van der Waals surface area contributed by atoms with Gasteiger partial charge in [0.2, 0.25) is 5.91 Å². The Bertz CT molecular complexity index is 771. The third-order valence-corrected chi connectivity index (χ3v) is 4.08. The molecule has 0 aromatic rings. The van der Waals surface area contributed by atoms with Crippen molar-refractivity contribution in [3.63, 3.8) is 0 Å². The first kappa shape index (κ1) is 22.6. The molecule has 0 bridgehead atoms. The summed E-state index contributed by atoms with van der Waals surface area (Å²) in [6.07, 6.45) is 6.81. The Labute approximate surface area is 173 Å². The highest BCUT2D eigenvalue weighted by Gasteiger charge is 2.17. The molecule has 2 rings (SSSR count). The minimum Gasteiger partial charge on any atom is -0.463 e. The molecule has 0 saturated heterocycles. The zero-order valence-corrected chi connectivity index (χ0v) is 16.3. The summed E-state index contributed by atoms with van der Waals surface area (Å²) in [4.78, 5) is 57.4. The van der Waals surface area contributed by atoms with Crippen LogP contribution in [0, 0.1) is 0 Å². The molecule has 3 N–H and O–H groups in total. The molecule has 0 fully saturated rings. The summed E-state index contributed by atoms with van der Waals surface area (Å²) in [6, 6.07) is 0. The number of rotatable bonds is 10. The van der Waals surface area contributed by atoms with E-state index in [1.807, 2.05) is 0 Å². The van der Waals surface area contributed by atoms with E-state index in [1.165, 1.54) is 0 Å². The Hall–Kier alpha value is -3.69. The predicted octanol–water partition coefficient (Wildman–Crippen LogP) is 0.237. The number of hydrogen-bond donors (Lipinski definition) is 3. The first-order valence-electron chi connectivity index (χ1n) is 9.36. The molecule has 2 heterocycles. The Morgan fingerprint density at radius 1 is 0.933 bits per heavy atom. The maximum atomic E-state index is 11.7. The van der Waals surface area contributed by atoms with Gasteiger partial charge in [0.15, 0.2) is 0 Å². The van der Waals surface area contributed by atoms with Crippen molar-refractivity contribution < 1.29 is 33.4 Å². The van der Waals surface area contributed by atoms with E-state index < -0.39 is 17.8 Å². The number of carbonyl (C=O) groups is 5. The summed E-state index contributed by atoms with van der Waals surface area (Å²) in [7, 11) is 0.